The molecule has 1 saturated heterocycles. The molecule has 0 bridgehead atoms. The summed E-state index contributed by atoms with van der Waals surface area (Å²) in [5, 5.41) is 3.28. The molecule has 1 aliphatic rings. The minimum atomic E-state index is -2.90. The molecule has 1 fully saturated rings. The Morgan fingerprint density at radius 2 is 1.93 bits per heavy atom. The van der Waals surface area contributed by atoms with Gasteiger partial charge in [0.05, 0.1) is 13.2 Å². The highest BCUT2D eigenvalue weighted by Gasteiger charge is 2.22. The van der Waals surface area contributed by atoms with Crippen LogP contribution in [0.5, 0.6) is 11.5 Å². The third kappa shape index (κ3) is 8.76. The molecule has 2 rings (SSSR count). The van der Waals surface area contributed by atoms with E-state index in [0.717, 1.165) is 43.9 Å². The molecule has 0 unspecified atom stereocenters. The fourth-order valence-corrected chi connectivity index (χ4v) is 3.22. The van der Waals surface area contributed by atoms with Crippen molar-refractivity contribution in [3.63, 3.8) is 0 Å². The molecule has 30 heavy (non-hydrogen) atoms. The molecule has 0 spiro atoms. The van der Waals surface area contributed by atoms with E-state index in [-0.39, 0.29) is 41.6 Å². The van der Waals surface area contributed by atoms with Crippen molar-refractivity contribution in [2.45, 2.75) is 38.5 Å². The van der Waals surface area contributed by atoms with Crippen molar-refractivity contribution < 1.29 is 27.7 Å². The summed E-state index contributed by atoms with van der Waals surface area (Å²) in [7, 11) is 4.84. The van der Waals surface area contributed by atoms with Crippen LogP contribution in [-0.2, 0) is 16.0 Å². The van der Waals surface area contributed by atoms with Crippen molar-refractivity contribution in [1.29, 1.82) is 0 Å². The second-order valence-corrected chi connectivity index (χ2v) is 6.67. The lowest BCUT2D eigenvalue weighted by Gasteiger charge is -2.34. The van der Waals surface area contributed by atoms with Gasteiger partial charge in [0.25, 0.3) is 0 Å². The number of likely N-dealkylation sites (tertiary alicyclic amines) is 1. The summed E-state index contributed by atoms with van der Waals surface area (Å²) >= 11 is 0. The number of alkyl halides is 2. The van der Waals surface area contributed by atoms with Crippen LogP contribution in [0.3, 0.4) is 0 Å². The maximum absolute atomic E-state index is 12.6. The number of hydrogen-bond donors (Lipinski definition) is 1. The molecule has 0 aromatic heterocycles. The molecular formula is C20H32F2IN3O4. The highest BCUT2D eigenvalue weighted by Crippen LogP contribution is 2.29. The zero-order valence-corrected chi connectivity index (χ0v) is 20.1. The maximum Gasteiger partial charge on any atom is 0.387 e. The Bertz CT molecular complexity index is 644. The van der Waals surface area contributed by atoms with E-state index in [1.807, 2.05) is 0 Å². The quantitative estimate of drug-likeness (QED) is 0.211. The number of nitrogens with zero attached hydrogens (tertiary/aromatic N) is 2. The number of methoxy groups -OCH3 is 2. The summed E-state index contributed by atoms with van der Waals surface area (Å²) < 4.78 is 45.7. The van der Waals surface area contributed by atoms with Gasteiger partial charge >= 0.3 is 6.61 Å². The second kappa shape index (κ2) is 14.6. The number of benzene rings is 1. The summed E-state index contributed by atoms with van der Waals surface area (Å²) in [6.45, 7) is 0.645. The lowest BCUT2D eigenvalue weighted by molar-refractivity contribution is -0.0512. The van der Waals surface area contributed by atoms with Crippen molar-refractivity contribution in [3.05, 3.63) is 23.8 Å². The van der Waals surface area contributed by atoms with E-state index in [0.29, 0.717) is 19.8 Å². The van der Waals surface area contributed by atoms with Crippen LogP contribution >= 0.6 is 24.0 Å². The van der Waals surface area contributed by atoms with Crippen molar-refractivity contribution in [1.82, 2.24) is 10.2 Å². The number of hydrogen-bond acceptors (Lipinski definition) is 5. The molecule has 1 heterocycles. The first-order valence-electron chi connectivity index (χ1n) is 9.75. The smallest absolute Gasteiger partial charge is 0.387 e. The zero-order valence-electron chi connectivity index (χ0n) is 17.7. The predicted molar refractivity (Wildman–Crippen MR) is 122 cm³/mol. The third-order valence-corrected chi connectivity index (χ3v) is 4.69. The van der Waals surface area contributed by atoms with Crippen molar-refractivity contribution in [2.24, 2.45) is 4.99 Å². The van der Waals surface area contributed by atoms with Crippen LogP contribution in [0.15, 0.2) is 23.2 Å². The molecule has 0 atom stereocenters. The minimum Gasteiger partial charge on any atom is -0.493 e. The largest absolute Gasteiger partial charge is 0.493 e. The molecule has 1 aromatic rings. The van der Waals surface area contributed by atoms with Gasteiger partial charge in [0.2, 0.25) is 0 Å². The first-order valence-corrected chi connectivity index (χ1v) is 9.75. The normalized spacial score (nSPS) is 15.1. The highest BCUT2D eigenvalue weighted by atomic mass is 127. The van der Waals surface area contributed by atoms with Crippen LogP contribution in [0.25, 0.3) is 0 Å². The van der Waals surface area contributed by atoms with Crippen LogP contribution in [0.1, 0.15) is 24.8 Å². The second-order valence-electron chi connectivity index (χ2n) is 6.67. The van der Waals surface area contributed by atoms with Gasteiger partial charge in [-0.25, -0.2) is 0 Å². The van der Waals surface area contributed by atoms with Gasteiger partial charge in [0.1, 0.15) is 0 Å². The third-order valence-electron chi connectivity index (χ3n) is 4.69. The monoisotopic (exact) mass is 543 g/mol. The van der Waals surface area contributed by atoms with Gasteiger partial charge < -0.3 is 29.2 Å². The molecule has 10 heteroatoms. The zero-order chi connectivity index (χ0) is 21.1. The summed E-state index contributed by atoms with van der Waals surface area (Å²) in [5.74, 6) is 1.06. The van der Waals surface area contributed by atoms with Gasteiger partial charge in [-0.3, -0.25) is 4.99 Å². The van der Waals surface area contributed by atoms with Crippen LogP contribution in [0, 0.1) is 0 Å². The van der Waals surface area contributed by atoms with Gasteiger partial charge in [-0.15, -0.1) is 24.0 Å². The summed E-state index contributed by atoms with van der Waals surface area (Å²) in [6.07, 6.45) is 3.03. The van der Waals surface area contributed by atoms with Gasteiger partial charge in [0, 0.05) is 47.0 Å². The Morgan fingerprint density at radius 1 is 1.20 bits per heavy atom. The molecule has 0 saturated carbocycles. The van der Waals surface area contributed by atoms with Crippen molar-refractivity contribution >= 4 is 29.9 Å². The number of piperidine rings is 1. The molecule has 1 N–H and O–H groups in total. The SMILES string of the molecule is CN=C(NCc1ccc(OC)c(OC(F)F)c1)N1CCC(OCCCOC)CC1.I. The summed E-state index contributed by atoms with van der Waals surface area (Å²) in [4.78, 5) is 6.52. The summed E-state index contributed by atoms with van der Waals surface area (Å²) in [6, 6.07) is 4.97. The van der Waals surface area contributed by atoms with Crippen LogP contribution in [0.2, 0.25) is 0 Å². The van der Waals surface area contributed by atoms with Crippen molar-refractivity contribution in [3.8, 4) is 11.5 Å². The van der Waals surface area contributed by atoms with Crippen LogP contribution in [0.4, 0.5) is 8.78 Å². The Morgan fingerprint density at radius 3 is 2.53 bits per heavy atom. The molecule has 1 aromatic carbocycles. The number of nitrogens with one attached hydrogen (secondary N) is 1. The molecule has 0 aliphatic carbocycles. The predicted octanol–water partition coefficient (Wildman–Crippen LogP) is 3.51. The maximum atomic E-state index is 12.6. The van der Waals surface area contributed by atoms with Crippen molar-refractivity contribution in [2.75, 3.05) is 47.6 Å². The lowest BCUT2D eigenvalue weighted by atomic mass is 10.1. The fourth-order valence-electron chi connectivity index (χ4n) is 3.22. The standard InChI is InChI=1S/C20H31F2N3O4.HI/c1-23-20(25-9-7-16(8-10-25)28-12-4-11-26-2)24-14-15-5-6-17(27-3)18(13-15)29-19(21)22;/h5-6,13,16,19H,4,7-12,14H2,1-3H3,(H,23,24);1H. The lowest BCUT2D eigenvalue weighted by Crippen LogP contribution is -2.46. The molecule has 7 nitrogen and oxygen atoms in total. The van der Waals surface area contributed by atoms with E-state index in [1.165, 1.54) is 7.11 Å². The Balaban J connectivity index is 0.00000450. The topological polar surface area (TPSA) is 64.6 Å². The Hall–Kier alpha value is -1.40. The average molecular weight is 543 g/mol. The molecule has 0 radical (unpaired) electrons. The minimum absolute atomic E-state index is 0. The number of guanidine groups is 1. The van der Waals surface area contributed by atoms with Crippen LogP contribution < -0.4 is 14.8 Å². The molecule has 172 valence electrons. The van der Waals surface area contributed by atoms with E-state index in [2.05, 4.69) is 19.9 Å². The van der Waals surface area contributed by atoms with E-state index in [1.54, 1.807) is 32.4 Å². The van der Waals surface area contributed by atoms with Gasteiger partial charge in [-0.1, -0.05) is 6.07 Å². The summed E-state index contributed by atoms with van der Waals surface area (Å²) in [5.41, 5.74) is 0.791. The number of aliphatic imine (C=N–C) groups is 1. The highest BCUT2D eigenvalue weighted by molar-refractivity contribution is 14.0. The van der Waals surface area contributed by atoms with E-state index in [4.69, 9.17) is 14.2 Å². The van der Waals surface area contributed by atoms with Gasteiger partial charge in [-0.2, -0.15) is 8.78 Å². The Labute approximate surface area is 194 Å². The Kier molecular flexibility index (Phi) is 12.9. The van der Waals surface area contributed by atoms with E-state index < -0.39 is 6.61 Å². The first-order chi connectivity index (χ1) is 14.1. The van der Waals surface area contributed by atoms with Gasteiger partial charge in [0.15, 0.2) is 17.5 Å². The van der Waals surface area contributed by atoms with Gasteiger partial charge in [-0.05, 0) is 37.0 Å². The molecule has 1 aliphatic heterocycles. The number of ether oxygens (including phenoxy) is 4. The fraction of sp³-hybridized carbons (Fsp3) is 0.650. The van der Waals surface area contributed by atoms with Crippen LogP contribution in [-0.4, -0.2) is 71.1 Å². The average Bonchev–Trinajstić information content (AvgIpc) is 2.72. The van der Waals surface area contributed by atoms with E-state index >= 15 is 0 Å². The molecule has 0 amide bonds. The van der Waals surface area contributed by atoms with E-state index in [9.17, 15) is 8.78 Å². The number of rotatable bonds is 10. The number of halogens is 3. The molecular weight excluding hydrogens is 511 g/mol. The first kappa shape index (κ1) is 26.6.